The van der Waals surface area contributed by atoms with Crippen molar-refractivity contribution < 1.29 is 9.15 Å². The smallest absolute Gasteiger partial charge is 0.131 e. The van der Waals surface area contributed by atoms with Crippen LogP contribution in [-0.4, -0.2) is 19.4 Å². The van der Waals surface area contributed by atoms with E-state index in [0.29, 0.717) is 6.54 Å². The maximum Gasteiger partial charge on any atom is 0.131 e. The van der Waals surface area contributed by atoms with Crippen molar-refractivity contribution in [3.63, 3.8) is 0 Å². The van der Waals surface area contributed by atoms with E-state index in [1.54, 1.807) is 13.4 Å². The molecule has 0 saturated carbocycles. The van der Waals surface area contributed by atoms with Crippen LogP contribution in [0.15, 0.2) is 58.1 Å². The van der Waals surface area contributed by atoms with Gasteiger partial charge in [-0.2, -0.15) is 0 Å². The van der Waals surface area contributed by atoms with E-state index in [4.69, 9.17) is 9.15 Å². The van der Waals surface area contributed by atoms with Gasteiger partial charge in [0.25, 0.3) is 0 Å². The minimum Gasteiger partial charge on any atom is -0.497 e. The van der Waals surface area contributed by atoms with E-state index in [-0.39, 0.29) is 0 Å². The van der Waals surface area contributed by atoms with Gasteiger partial charge in [-0.15, -0.1) is 0 Å². The molecule has 0 amide bonds. The molecule has 0 N–H and O–H groups in total. The maximum atomic E-state index is 5.38. The summed E-state index contributed by atoms with van der Waals surface area (Å²) in [6, 6.07) is 11.8. The Balaban J connectivity index is 1.85. The summed E-state index contributed by atoms with van der Waals surface area (Å²) in [6.45, 7) is 0.675. The van der Waals surface area contributed by atoms with Crippen molar-refractivity contribution in [2.75, 3.05) is 13.7 Å². The number of hydrogen-bond acceptors (Lipinski definition) is 3. The Hall–Kier alpha value is -2.29. The van der Waals surface area contributed by atoms with Crippen LogP contribution in [0, 0.1) is 0 Å². The second-order valence-electron chi connectivity index (χ2n) is 4.08. The standard InChI is InChI=1S/C15H13NO2/c1-17-13-6-4-11(5-7-13)14-9-12(10-16-14)15-3-2-8-18-15/h2-9H,10H2,1H3. The molecule has 0 aliphatic carbocycles. The van der Waals surface area contributed by atoms with Gasteiger partial charge in [0.2, 0.25) is 0 Å². The first-order valence-corrected chi connectivity index (χ1v) is 5.80. The summed E-state index contributed by atoms with van der Waals surface area (Å²) in [5, 5.41) is 0. The molecular formula is C15H13NO2. The molecule has 1 aliphatic rings. The predicted molar refractivity (Wildman–Crippen MR) is 71.1 cm³/mol. The van der Waals surface area contributed by atoms with E-state index in [1.807, 2.05) is 36.4 Å². The van der Waals surface area contributed by atoms with E-state index in [1.165, 1.54) is 0 Å². The Morgan fingerprint density at radius 1 is 1.17 bits per heavy atom. The van der Waals surface area contributed by atoms with E-state index in [2.05, 4.69) is 11.1 Å². The first-order chi connectivity index (χ1) is 8.86. The SMILES string of the molecule is COc1ccc(C2=NCC(c3ccco3)=C2)cc1. The molecular weight excluding hydrogens is 226 g/mol. The van der Waals surface area contributed by atoms with Gasteiger partial charge in [0.05, 0.1) is 25.6 Å². The van der Waals surface area contributed by atoms with Crippen molar-refractivity contribution in [3.8, 4) is 5.75 Å². The van der Waals surface area contributed by atoms with Crippen LogP contribution in [0.2, 0.25) is 0 Å². The van der Waals surface area contributed by atoms with Gasteiger partial charge in [-0.3, -0.25) is 4.99 Å². The third-order valence-corrected chi connectivity index (χ3v) is 2.95. The van der Waals surface area contributed by atoms with Crippen LogP contribution >= 0.6 is 0 Å². The predicted octanol–water partition coefficient (Wildman–Crippen LogP) is 3.17. The molecule has 0 bridgehead atoms. The average Bonchev–Trinajstić information content (AvgIpc) is 3.09. The number of nitrogens with zero attached hydrogens (tertiary/aromatic N) is 1. The van der Waals surface area contributed by atoms with Gasteiger partial charge in [0.1, 0.15) is 11.5 Å². The van der Waals surface area contributed by atoms with Crippen molar-refractivity contribution >= 4 is 11.3 Å². The van der Waals surface area contributed by atoms with Gasteiger partial charge in [0.15, 0.2) is 0 Å². The zero-order valence-corrected chi connectivity index (χ0v) is 10.1. The third kappa shape index (κ3) is 1.95. The van der Waals surface area contributed by atoms with Gasteiger partial charge in [0, 0.05) is 5.57 Å². The van der Waals surface area contributed by atoms with Gasteiger partial charge < -0.3 is 9.15 Å². The van der Waals surface area contributed by atoms with Crippen LogP contribution in [0.4, 0.5) is 0 Å². The fourth-order valence-corrected chi connectivity index (χ4v) is 1.97. The molecule has 1 aliphatic heterocycles. The number of ether oxygens (including phenoxy) is 1. The van der Waals surface area contributed by atoms with Gasteiger partial charge in [-0.1, -0.05) is 0 Å². The van der Waals surface area contributed by atoms with E-state index >= 15 is 0 Å². The lowest BCUT2D eigenvalue weighted by Gasteiger charge is -2.01. The van der Waals surface area contributed by atoms with Gasteiger partial charge in [-0.25, -0.2) is 0 Å². The van der Waals surface area contributed by atoms with Crippen LogP contribution in [-0.2, 0) is 0 Å². The van der Waals surface area contributed by atoms with Gasteiger partial charge >= 0.3 is 0 Å². The molecule has 2 heterocycles. The molecule has 0 fully saturated rings. The summed E-state index contributed by atoms with van der Waals surface area (Å²) in [4.78, 5) is 4.52. The Labute approximate surface area is 105 Å². The molecule has 0 saturated heterocycles. The van der Waals surface area contributed by atoms with Crippen LogP contribution in [0.25, 0.3) is 5.57 Å². The largest absolute Gasteiger partial charge is 0.497 e. The molecule has 1 aromatic carbocycles. The molecule has 0 radical (unpaired) electrons. The summed E-state index contributed by atoms with van der Waals surface area (Å²) in [5.41, 5.74) is 3.20. The summed E-state index contributed by atoms with van der Waals surface area (Å²) in [6.07, 6.45) is 3.75. The second kappa shape index (κ2) is 4.53. The molecule has 0 spiro atoms. The Bertz CT molecular complexity index is 592. The lowest BCUT2D eigenvalue weighted by Crippen LogP contribution is -1.93. The third-order valence-electron chi connectivity index (χ3n) is 2.95. The molecule has 3 rings (SSSR count). The molecule has 3 nitrogen and oxygen atoms in total. The highest BCUT2D eigenvalue weighted by Gasteiger charge is 2.13. The van der Waals surface area contributed by atoms with Crippen molar-refractivity contribution in [3.05, 3.63) is 60.1 Å². The molecule has 3 heteroatoms. The average molecular weight is 239 g/mol. The highest BCUT2D eigenvalue weighted by molar-refractivity contribution is 6.14. The number of rotatable bonds is 3. The molecule has 18 heavy (non-hydrogen) atoms. The lowest BCUT2D eigenvalue weighted by atomic mass is 10.1. The highest BCUT2D eigenvalue weighted by Crippen LogP contribution is 2.22. The van der Waals surface area contributed by atoms with E-state index < -0.39 is 0 Å². The van der Waals surface area contributed by atoms with Crippen LogP contribution in [0.1, 0.15) is 11.3 Å². The number of benzene rings is 1. The van der Waals surface area contributed by atoms with E-state index in [9.17, 15) is 0 Å². The molecule has 1 aromatic heterocycles. The summed E-state index contributed by atoms with van der Waals surface area (Å²) >= 11 is 0. The Kier molecular flexibility index (Phi) is 2.73. The zero-order chi connectivity index (χ0) is 12.4. The van der Waals surface area contributed by atoms with E-state index in [0.717, 1.165) is 28.4 Å². The molecule has 0 atom stereocenters. The molecule has 2 aromatic rings. The first-order valence-electron chi connectivity index (χ1n) is 5.80. The Morgan fingerprint density at radius 3 is 2.67 bits per heavy atom. The number of allylic oxidation sites excluding steroid dienone is 1. The van der Waals surface area contributed by atoms with Crippen LogP contribution < -0.4 is 4.74 Å². The molecule has 90 valence electrons. The fourth-order valence-electron chi connectivity index (χ4n) is 1.97. The maximum absolute atomic E-state index is 5.38. The number of furan rings is 1. The summed E-state index contributed by atoms with van der Waals surface area (Å²) < 4.78 is 10.5. The highest BCUT2D eigenvalue weighted by atomic mass is 16.5. The number of aliphatic imine (C=N–C) groups is 1. The summed E-state index contributed by atoms with van der Waals surface area (Å²) in [5.74, 6) is 1.75. The molecule has 0 unspecified atom stereocenters. The minimum absolute atomic E-state index is 0.675. The monoisotopic (exact) mass is 239 g/mol. The summed E-state index contributed by atoms with van der Waals surface area (Å²) in [7, 11) is 1.66. The quantitative estimate of drug-likeness (QED) is 0.824. The topological polar surface area (TPSA) is 34.7 Å². The normalized spacial score (nSPS) is 14.3. The van der Waals surface area contributed by atoms with Gasteiger partial charge in [-0.05, 0) is 48.0 Å². The lowest BCUT2D eigenvalue weighted by molar-refractivity contribution is 0.415. The fraction of sp³-hybridized carbons (Fsp3) is 0.133. The van der Waals surface area contributed by atoms with Crippen LogP contribution in [0.5, 0.6) is 5.75 Å². The van der Waals surface area contributed by atoms with Crippen molar-refractivity contribution in [1.82, 2.24) is 0 Å². The Morgan fingerprint density at radius 2 is 2.00 bits per heavy atom. The first kappa shape index (κ1) is 10.8. The minimum atomic E-state index is 0.675. The number of hydrogen-bond donors (Lipinski definition) is 0. The number of methoxy groups -OCH3 is 1. The van der Waals surface area contributed by atoms with Crippen molar-refractivity contribution in [2.45, 2.75) is 0 Å². The van der Waals surface area contributed by atoms with Crippen molar-refractivity contribution in [2.24, 2.45) is 4.99 Å². The van der Waals surface area contributed by atoms with Crippen molar-refractivity contribution in [1.29, 1.82) is 0 Å². The zero-order valence-electron chi connectivity index (χ0n) is 10.1. The second-order valence-corrected chi connectivity index (χ2v) is 4.08. The van der Waals surface area contributed by atoms with Crippen LogP contribution in [0.3, 0.4) is 0 Å².